The fourth-order valence-corrected chi connectivity index (χ4v) is 1.60. The minimum absolute atomic E-state index is 0.150. The molecule has 0 bridgehead atoms. The van der Waals surface area contributed by atoms with E-state index in [2.05, 4.69) is 15.3 Å². The van der Waals surface area contributed by atoms with Gasteiger partial charge in [-0.25, -0.2) is 14.4 Å². The number of nitrogen functional groups attached to an aromatic ring is 1. The molecular weight excluding hydrogens is 233 g/mol. The molecule has 1 heterocycles. The number of benzene rings is 1. The topological polar surface area (TPSA) is 87.7 Å². The lowest BCUT2D eigenvalue weighted by Crippen LogP contribution is -2.12. The van der Waals surface area contributed by atoms with Crippen LogP contribution in [0.3, 0.4) is 0 Å². The first kappa shape index (κ1) is 12.0. The molecule has 4 N–H and O–H groups in total. The Kier molecular flexibility index (Phi) is 3.18. The summed E-state index contributed by atoms with van der Waals surface area (Å²) in [4.78, 5) is 7.87. The highest BCUT2D eigenvalue weighted by atomic mass is 19.1. The minimum Gasteiger partial charge on any atom is -0.383 e. The van der Waals surface area contributed by atoms with Crippen LogP contribution in [0.1, 0.15) is 11.1 Å². The molecule has 0 fully saturated rings. The SMILES string of the molecule is CNc1ncnc(N)c1C(=N)c1ccc(F)cc1. The highest BCUT2D eigenvalue weighted by molar-refractivity contribution is 6.16. The highest BCUT2D eigenvalue weighted by Crippen LogP contribution is 2.21. The van der Waals surface area contributed by atoms with Gasteiger partial charge in [0.1, 0.15) is 23.8 Å². The average Bonchev–Trinajstić information content (AvgIpc) is 2.38. The smallest absolute Gasteiger partial charge is 0.140 e. The number of hydrogen-bond acceptors (Lipinski definition) is 5. The van der Waals surface area contributed by atoms with E-state index >= 15 is 0 Å². The summed E-state index contributed by atoms with van der Waals surface area (Å²) >= 11 is 0. The third-order valence-electron chi connectivity index (χ3n) is 2.50. The van der Waals surface area contributed by atoms with Crippen molar-refractivity contribution in [3.63, 3.8) is 0 Å². The molecule has 0 atom stereocenters. The van der Waals surface area contributed by atoms with Gasteiger partial charge in [0.25, 0.3) is 0 Å². The Bertz CT molecular complexity index is 580. The van der Waals surface area contributed by atoms with E-state index in [1.807, 2.05) is 0 Å². The van der Waals surface area contributed by atoms with Gasteiger partial charge >= 0.3 is 0 Å². The first-order valence-corrected chi connectivity index (χ1v) is 5.26. The summed E-state index contributed by atoms with van der Waals surface area (Å²) in [5.74, 6) is 0.332. The molecule has 1 aromatic carbocycles. The first-order valence-electron chi connectivity index (χ1n) is 5.26. The summed E-state index contributed by atoms with van der Waals surface area (Å²) in [5.41, 5.74) is 6.87. The summed E-state index contributed by atoms with van der Waals surface area (Å²) < 4.78 is 12.8. The third kappa shape index (κ3) is 2.13. The van der Waals surface area contributed by atoms with Gasteiger partial charge in [-0.05, 0) is 24.3 Å². The summed E-state index contributed by atoms with van der Waals surface area (Å²) in [6, 6.07) is 5.62. The van der Waals surface area contributed by atoms with Gasteiger partial charge in [-0.3, -0.25) is 5.41 Å². The molecule has 0 radical (unpaired) electrons. The molecular formula is C12H12FN5. The van der Waals surface area contributed by atoms with Gasteiger partial charge in [-0.1, -0.05) is 0 Å². The van der Waals surface area contributed by atoms with Crippen LogP contribution in [0.25, 0.3) is 0 Å². The number of anilines is 2. The Morgan fingerprint density at radius 2 is 1.94 bits per heavy atom. The average molecular weight is 245 g/mol. The van der Waals surface area contributed by atoms with Crippen LogP contribution < -0.4 is 11.1 Å². The van der Waals surface area contributed by atoms with Gasteiger partial charge in [0, 0.05) is 12.6 Å². The molecule has 2 aromatic rings. The number of nitrogens with two attached hydrogens (primary N) is 1. The maximum absolute atomic E-state index is 12.8. The van der Waals surface area contributed by atoms with E-state index in [9.17, 15) is 4.39 Å². The fourth-order valence-electron chi connectivity index (χ4n) is 1.60. The van der Waals surface area contributed by atoms with Crippen molar-refractivity contribution in [1.82, 2.24) is 9.97 Å². The quantitative estimate of drug-likeness (QED) is 0.717. The summed E-state index contributed by atoms with van der Waals surface area (Å²) in [7, 11) is 1.68. The number of nitrogens with one attached hydrogen (secondary N) is 2. The molecule has 92 valence electrons. The van der Waals surface area contributed by atoms with Crippen molar-refractivity contribution < 1.29 is 4.39 Å². The molecule has 0 amide bonds. The van der Waals surface area contributed by atoms with E-state index in [4.69, 9.17) is 11.1 Å². The molecule has 0 saturated heterocycles. The normalized spacial score (nSPS) is 10.1. The van der Waals surface area contributed by atoms with Gasteiger partial charge in [0.2, 0.25) is 0 Å². The van der Waals surface area contributed by atoms with Gasteiger partial charge < -0.3 is 11.1 Å². The van der Waals surface area contributed by atoms with Gasteiger partial charge in [-0.2, -0.15) is 0 Å². The highest BCUT2D eigenvalue weighted by Gasteiger charge is 2.15. The van der Waals surface area contributed by atoms with Crippen LogP contribution in [0, 0.1) is 11.2 Å². The summed E-state index contributed by atoms with van der Waals surface area (Å²) in [5, 5.41) is 11.0. The van der Waals surface area contributed by atoms with E-state index in [1.165, 1.54) is 30.6 Å². The predicted octanol–water partition coefficient (Wildman–Crippen LogP) is 1.66. The van der Waals surface area contributed by atoms with E-state index < -0.39 is 0 Å². The number of halogens is 1. The molecule has 0 spiro atoms. The Hall–Kier alpha value is -2.50. The number of hydrogen-bond donors (Lipinski definition) is 3. The molecule has 0 aliphatic rings. The lowest BCUT2D eigenvalue weighted by atomic mass is 10.0. The molecule has 18 heavy (non-hydrogen) atoms. The Morgan fingerprint density at radius 3 is 2.56 bits per heavy atom. The molecule has 0 aliphatic heterocycles. The Morgan fingerprint density at radius 1 is 1.28 bits per heavy atom. The van der Waals surface area contributed by atoms with E-state index in [0.29, 0.717) is 16.9 Å². The molecule has 0 saturated carbocycles. The second-order valence-electron chi connectivity index (χ2n) is 3.61. The van der Waals surface area contributed by atoms with Crippen LogP contribution in [-0.2, 0) is 0 Å². The maximum atomic E-state index is 12.8. The van der Waals surface area contributed by atoms with Crippen molar-refractivity contribution in [2.75, 3.05) is 18.1 Å². The second-order valence-corrected chi connectivity index (χ2v) is 3.61. The standard InChI is InChI=1S/C12H12FN5/c1-16-12-9(11(15)17-6-18-12)10(14)7-2-4-8(13)5-3-7/h2-6,14H,1H3,(H3,15,16,17,18). The lowest BCUT2D eigenvalue weighted by molar-refractivity contribution is 0.628. The van der Waals surface area contributed by atoms with Crippen molar-refractivity contribution >= 4 is 17.3 Å². The Labute approximate surface area is 103 Å². The predicted molar refractivity (Wildman–Crippen MR) is 68.3 cm³/mol. The largest absolute Gasteiger partial charge is 0.383 e. The zero-order chi connectivity index (χ0) is 13.1. The van der Waals surface area contributed by atoms with Crippen LogP contribution in [-0.4, -0.2) is 22.7 Å². The van der Waals surface area contributed by atoms with Crippen molar-refractivity contribution in [2.45, 2.75) is 0 Å². The molecule has 0 aliphatic carbocycles. The van der Waals surface area contributed by atoms with Crippen molar-refractivity contribution in [1.29, 1.82) is 5.41 Å². The number of nitrogens with zero attached hydrogens (tertiary/aromatic N) is 2. The molecule has 1 aromatic heterocycles. The summed E-state index contributed by atoms with van der Waals surface area (Å²) in [6.45, 7) is 0. The second kappa shape index (κ2) is 4.79. The zero-order valence-electron chi connectivity index (χ0n) is 9.74. The molecule has 0 unspecified atom stereocenters. The monoisotopic (exact) mass is 245 g/mol. The van der Waals surface area contributed by atoms with Crippen molar-refractivity contribution in [2.24, 2.45) is 0 Å². The van der Waals surface area contributed by atoms with E-state index in [0.717, 1.165) is 0 Å². The van der Waals surface area contributed by atoms with Gasteiger partial charge in [0.05, 0.1) is 11.3 Å². The first-order chi connectivity index (χ1) is 8.63. The van der Waals surface area contributed by atoms with Crippen LogP contribution >= 0.6 is 0 Å². The van der Waals surface area contributed by atoms with Gasteiger partial charge in [-0.15, -0.1) is 0 Å². The molecule has 2 rings (SSSR count). The Balaban J connectivity index is 2.49. The molecule has 5 nitrogen and oxygen atoms in total. The maximum Gasteiger partial charge on any atom is 0.140 e. The summed E-state index contributed by atoms with van der Waals surface area (Å²) in [6.07, 6.45) is 1.32. The van der Waals surface area contributed by atoms with Crippen molar-refractivity contribution in [3.05, 3.63) is 47.5 Å². The van der Waals surface area contributed by atoms with Crippen LogP contribution in [0.2, 0.25) is 0 Å². The minimum atomic E-state index is -0.349. The number of aromatic nitrogens is 2. The van der Waals surface area contributed by atoms with Crippen molar-refractivity contribution in [3.8, 4) is 0 Å². The van der Waals surface area contributed by atoms with E-state index in [-0.39, 0.29) is 17.3 Å². The fraction of sp³-hybridized carbons (Fsp3) is 0.0833. The lowest BCUT2D eigenvalue weighted by Gasteiger charge is -2.11. The molecule has 6 heteroatoms. The van der Waals surface area contributed by atoms with Crippen LogP contribution in [0.4, 0.5) is 16.0 Å². The van der Waals surface area contributed by atoms with Gasteiger partial charge in [0.15, 0.2) is 0 Å². The zero-order valence-corrected chi connectivity index (χ0v) is 9.74. The van der Waals surface area contributed by atoms with E-state index in [1.54, 1.807) is 7.05 Å². The van der Waals surface area contributed by atoms with Crippen LogP contribution in [0.5, 0.6) is 0 Å². The third-order valence-corrected chi connectivity index (χ3v) is 2.50. The van der Waals surface area contributed by atoms with Crippen LogP contribution in [0.15, 0.2) is 30.6 Å². The number of rotatable bonds is 3.